The fourth-order valence-corrected chi connectivity index (χ4v) is 2.85. The third kappa shape index (κ3) is 3.75. The van der Waals surface area contributed by atoms with Crippen LogP contribution in [0.5, 0.6) is 5.75 Å². The molecule has 114 valence electrons. The topological polar surface area (TPSA) is 39.1 Å². The second kappa shape index (κ2) is 7.11. The Bertz CT molecular complexity index is 410. The minimum atomic E-state index is 0.386. The molecule has 1 aromatic heterocycles. The van der Waals surface area contributed by atoms with Gasteiger partial charge in [0.25, 0.3) is 0 Å². The zero-order chi connectivity index (χ0) is 14.5. The van der Waals surface area contributed by atoms with E-state index in [0.29, 0.717) is 12.1 Å². The molecule has 0 bridgehead atoms. The van der Waals surface area contributed by atoms with E-state index in [0.717, 1.165) is 24.6 Å². The van der Waals surface area contributed by atoms with Gasteiger partial charge in [-0.15, -0.1) is 0 Å². The Morgan fingerprint density at radius 3 is 2.75 bits per heavy atom. The highest BCUT2D eigenvalue weighted by Gasteiger charge is 2.30. The van der Waals surface area contributed by atoms with E-state index in [-0.39, 0.29) is 0 Å². The zero-order valence-electron chi connectivity index (χ0n) is 13.4. The van der Waals surface area contributed by atoms with Crippen LogP contribution in [0.15, 0.2) is 6.20 Å². The SMILES string of the molecule is CCCNC(CCc1c(OC)cnn1C(C)C)C1CC1. The van der Waals surface area contributed by atoms with Gasteiger partial charge in [0.15, 0.2) is 5.75 Å². The Balaban J connectivity index is 1.99. The molecule has 0 aliphatic heterocycles. The van der Waals surface area contributed by atoms with Crippen LogP contribution >= 0.6 is 0 Å². The summed E-state index contributed by atoms with van der Waals surface area (Å²) >= 11 is 0. The fraction of sp³-hybridized carbons (Fsp3) is 0.812. The van der Waals surface area contributed by atoms with E-state index in [4.69, 9.17) is 4.74 Å². The number of rotatable bonds is 9. The van der Waals surface area contributed by atoms with Crippen LogP contribution in [0.2, 0.25) is 0 Å². The molecule has 1 aromatic rings. The molecule has 1 atom stereocenters. The first-order chi connectivity index (χ1) is 9.67. The first kappa shape index (κ1) is 15.4. The van der Waals surface area contributed by atoms with E-state index < -0.39 is 0 Å². The largest absolute Gasteiger partial charge is 0.493 e. The number of hydrogen-bond acceptors (Lipinski definition) is 3. The van der Waals surface area contributed by atoms with Crippen LogP contribution in [0, 0.1) is 5.92 Å². The molecule has 1 saturated carbocycles. The molecule has 1 heterocycles. The van der Waals surface area contributed by atoms with Crippen LogP contribution in [0.25, 0.3) is 0 Å². The van der Waals surface area contributed by atoms with Gasteiger partial charge in [-0.3, -0.25) is 4.68 Å². The van der Waals surface area contributed by atoms with E-state index in [1.165, 1.54) is 31.4 Å². The summed E-state index contributed by atoms with van der Waals surface area (Å²) in [4.78, 5) is 0. The lowest BCUT2D eigenvalue weighted by Crippen LogP contribution is -2.32. The zero-order valence-corrected chi connectivity index (χ0v) is 13.4. The molecular weight excluding hydrogens is 250 g/mol. The lowest BCUT2D eigenvalue weighted by molar-refractivity contribution is 0.391. The molecule has 1 fully saturated rings. The summed E-state index contributed by atoms with van der Waals surface area (Å²) in [5, 5.41) is 8.17. The normalized spacial score (nSPS) is 16.6. The highest BCUT2D eigenvalue weighted by Crippen LogP contribution is 2.35. The van der Waals surface area contributed by atoms with Crippen LogP contribution in [0.1, 0.15) is 58.2 Å². The maximum atomic E-state index is 5.46. The second-order valence-corrected chi connectivity index (χ2v) is 6.13. The summed E-state index contributed by atoms with van der Waals surface area (Å²) in [6.07, 6.45) is 8.06. The third-order valence-corrected chi connectivity index (χ3v) is 4.11. The second-order valence-electron chi connectivity index (χ2n) is 6.13. The summed E-state index contributed by atoms with van der Waals surface area (Å²) in [6, 6.07) is 1.05. The van der Waals surface area contributed by atoms with E-state index in [2.05, 4.69) is 35.9 Å². The van der Waals surface area contributed by atoms with E-state index in [1.807, 2.05) is 6.20 Å². The van der Waals surface area contributed by atoms with Gasteiger partial charge in [-0.25, -0.2) is 0 Å². The number of aromatic nitrogens is 2. The fourth-order valence-electron chi connectivity index (χ4n) is 2.85. The minimum absolute atomic E-state index is 0.386. The van der Waals surface area contributed by atoms with Crippen molar-refractivity contribution in [2.75, 3.05) is 13.7 Å². The third-order valence-electron chi connectivity index (χ3n) is 4.11. The molecule has 4 nitrogen and oxygen atoms in total. The highest BCUT2D eigenvalue weighted by atomic mass is 16.5. The Hall–Kier alpha value is -1.03. The molecule has 0 aromatic carbocycles. The van der Waals surface area contributed by atoms with Crippen molar-refractivity contribution < 1.29 is 4.74 Å². The molecular formula is C16H29N3O. The first-order valence-electron chi connectivity index (χ1n) is 8.01. The minimum Gasteiger partial charge on any atom is -0.493 e. The van der Waals surface area contributed by atoms with Gasteiger partial charge < -0.3 is 10.1 Å². The van der Waals surface area contributed by atoms with Gasteiger partial charge >= 0.3 is 0 Å². The average molecular weight is 279 g/mol. The number of nitrogens with one attached hydrogen (secondary N) is 1. The maximum absolute atomic E-state index is 5.46. The molecule has 0 amide bonds. The van der Waals surface area contributed by atoms with Crippen molar-refractivity contribution in [3.63, 3.8) is 0 Å². The molecule has 1 N–H and O–H groups in total. The Morgan fingerprint density at radius 2 is 2.20 bits per heavy atom. The molecule has 0 radical (unpaired) electrons. The van der Waals surface area contributed by atoms with Gasteiger partial charge in [0, 0.05) is 12.1 Å². The summed E-state index contributed by atoms with van der Waals surface area (Å²) < 4.78 is 7.56. The first-order valence-corrected chi connectivity index (χ1v) is 8.01. The molecule has 20 heavy (non-hydrogen) atoms. The van der Waals surface area contributed by atoms with Crippen molar-refractivity contribution in [1.82, 2.24) is 15.1 Å². The van der Waals surface area contributed by atoms with Crippen LogP contribution in [-0.4, -0.2) is 29.5 Å². The molecule has 4 heteroatoms. The number of hydrogen-bond donors (Lipinski definition) is 1. The molecule has 1 unspecified atom stereocenters. The van der Waals surface area contributed by atoms with Crippen LogP contribution in [0.3, 0.4) is 0 Å². The van der Waals surface area contributed by atoms with Crippen molar-refractivity contribution in [2.24, 2.45) is 5.92 Å². The Kier molecular flexibility index (Phi) is 5.46. The summed E-state index contributed by atoms with van der Waals surface area (Å²) in [5.41, 5.74) is 1.24. The summed E-state index contributed by atoms with van der Waals surface area (Å²) in [5.74, 6) is 1.83. The number of ether oxygens (including phenoxy) is 1. The predicted octanol–water partition coefficient (Wildman–Crippen LogP) is 3.18. The van der Waals surface area contributed by atoms with Gasteiger partial charge in [0.1, 0.15) is 0 Å². The number of methoxy groups -OCH3 is 1. The van der Waals surface area contributed by atoms with Crippen molar-refractivity contribution in [3.8, 4) is 5.75 Å². The highest BCUT2D eigenvalue weighted by molar-refractivity contribution is 5.25. The Morgan fingerprint density at radius 1 is 1.45 bits per heavy atom. The maximum Gasteiger partial charge on any atom is 0.159 e. The standard InChI is InChI=1S/C16H29N3O/c1-5-10-17-14(13-6-7-13)8-9-15-16(20-4)11-18-19(15)12(2)3/h11-14,17H,5-10H2,1-4H3. The number of nitrogens with zero attached hydrogens (tertiary/aromatic N) is 2. The van der Waals surface area contributed by atoms with Gasteiger partial charge in [-0.2, -0.15) is 5.10 Å². The van der Waals surface area contributed by atoms with E-state index in [1.54, 1.807) is 7.11 Å². The summed E-state index contributed by atoms with van der Waals surface area (Å²) in [7, 11) is 1.74. The molecule has 0 saturated heterocycles. The molecule has 1 aliphatic carbocycles. The Labute approximate surface area is 122 Å². The van der Waals surface area contributed by atoms with Gasteiger partial charge in [-0.05, 0) is 58.4 Å². The predicted molar refractivity (Wildman–Crippen MR) is 82.3 cm³/mol. The van der Waals surface area contributed by atoms with Gasteiger partial charge in [0.05, 0.1) is 19.0 Å². The molecule has 0 spiro atoms. The smallest absolute Gasteiger partial charge is 0.159 e. The van der Waals surface area contributed by atoms with Crippen molar-refractivity contribution in [2.45, 2.75) is 65.0 Å². The monoisotopic (exact) mass is 279 g/mol. The van der Waals surface area contributed by atoms with Crippen molar-refractivity contribution >= 4 is 0 Å². The van der Waals surface area contributed by atoms with E-state index in [9.17, 15) is 0 Å². The van der Waals surface area contributed by atoms with Crippen molar-refractivity contribution in [3.05, 3.63) is 11.9 Å². The summed E-state index contributed by atoms with van der Waals surface area (Å²) in [6.45, 7) is 7.70. The van der Waals surface area contributed by atoms with Crippen LogP contribution in [0.4, 0.5) is 0 Å². The lowest BCUT2D eigenvalue weighted by Gasteiger charge is -2.19. The van der Waals surface area contributed by atoms with Gasteiger partial charge in [0.2, 0.25) is 0 Å². The van der Waals surface area contributed by atoms with Crippen molar-refractivity contribution in [1.29, 1.82) is 0 Å². The van der Waals surface area contributed by atoms with Crippen LogP contribution < -0.4 is 10.1 Å². The molecule has 1 aliphatic rings. The molecule has 2 rings (SSSR count). The van der Waals surface area contributed by atoms with Crippen LogP contribution in [-0.2, 0) is 6.42 Å². The quantitative estimate of drug-likeness (QED) is 0.754. The van der Waals surface area contributed by atoms with E-state index >= 15 is 0 Å². The van der Waals surface area contributed by atoms with Gasteiger partial charge in [-0.1, -0.05) is 6.92 Å². The average Bonchev–Trinajstić information content (AvgIpc) is 3.18. The lowest BCUT2D eigenvalue weighted by atomic mass is 10.0.